The van der Waals surface area contributed by atoms with Gasteiger partial charge in [-0.2, -0.15) is 0 Å². The fourth-order valence-electron chi connectivity index (χ4n) is 3.50. The summed E-state index contributed by atoms with van der Waals surface area (Å²) in [7, 11) is 1.59. The van der Waals surface area contributed by atoms with Crippen LogP contribution in [0.3, 0.4) is 0 Å². The second-order valence-electron chi connectivity index (χ2n) is 8.74. The highest BCUT2D eigenvalue weighted by atomic mass is 16.5. The van der Waals surface area contributed by atoms with Crippen LogP contribution in [0.5, 0.6) is 11.5 Å². The van der Waals surface area contributed by atoms with E-state index >= 15 is 0 Å². The van der Waals surface area contributed by atoms with E-state index in [1.54, 1.807) is 67.8 Å². The lowest BCUT2D eigenvalue weighted by Crippen LogP contribution is -2.06. The number of esters is 3. The molecule has 1 aliphatic rings. The van der Waals surface area contributed by atoms with Crippen molar-refractivity contribution in [2.24, 2.45) is 0 Å². The van der Waals surface area contributed by atoms with Crippen LogP contribution in [-0.4, -0.2) is 38.2 Å². The lowest BCUT2D eigenvalue weighted by Gasteiger charge is -2.09. The molecule has 0 saturated heterocycles. The van der Waals surface area contributed by atoms with E-state index in [1.807, 2.05) is 19.1 Å². The van der Waals surface area contributed by atoms with Crippen molar-refractivity contribution < 1.29 is 38.1 Å². The minimum absolute atomic E-state index is 0.310. The number of carbonyl (C=O) groups excluding carboxylic acids is 3. The van der Waals surface area contributed by atoms with Crippen LogP contribution in [0.15, 0.2) is 103 Å². The summed E-state index contributed by atoms with van der Waals surface area (Å²) >= 11 is 0. The number of ether oxygens (including phenoxy) is 5. The highest BCUT2D eigenvalue weighted by Crippen LogP contribution is 2.22. The zero-order chi connectivity index (χ0) is 28.7. The smallest absolute Gasteiger partial charge is 0.343 e. The van der Waals surface area contributed by atoms with Gasteiger partial charge in [-0.15, -0.1) is 0 Å². The second-order valence-corrected chi connectivity index (χ2v) is 8.74. The molecule has 2 aromatic rings. The Balaban J connectivity index is 1.48. The Bertz CT molecular complexity index is 1310. The minimum atomic E-state index is -0.529. The van der Waals surface area contributed by atoms with Gasteiger partial charge < -0.3 is 23.7 Å². The molecular weight excluding hydrogens is 512 g/mol. The highest BCUT2D eigenvalue weighted by molar-refractivity contribution is 5.90. The molecule has 0 aliphatic heterocycles. The molecule has 0 heterocycles. The van der Waals surface area contributed by atoms with Crippen LogP contribution in [0.25, 0.3) is 6.08 Å². The third kappa shape index (κ3) is 10.1. The Kier molecular flexibility index (Phi) is 11.5. The summed E-state index contributed by atoms with van der Waals surface area (Å²) in [5.74, 6) is 0.631. The molecule has 0 atom stereocenters. The summed E-state index contributed by atoms with van der Waals surface area (Å²) in [6.07, 6.45) is 10.8. The molecule has 8 nitrogen and oxygen atoms in total. The third-order valence-electron chi connectivity index (χ3n) is 5.55. The van der Waals surface area contributed by atoms with E-state index < -0.39 is 17.9 Å². The average molecular weight is 545 g/mol. The number of methoxy groups -OCH3 is 1. The molecule has 0 spiro atoms. The van der Waals surface area contributed by atoms with Crippen LogP contribution in [-0.2, 0) is 23.8 Å². The van der Waals surface area contributed by atoms with Crippen LogP contribution in [0, 0.1) is 0 Å². The van der Waals surface area contributed by atoms with Gasteiger partial charge in [0.1, 0.15) is 23.0 Å². The molecule has 2 aromatic carbocycles. The van der Waals surface area contributed by atoms with E-state index in [-0.39, 0.29) is 0 Å². The van der Waals surface area contributed by atoms with Gasteiger partial charge in [-0.1, -0.05) is 24.3 Å². The molecule has 208 valence electrons. The van der Waals surface area contributed by atoms with Crippen molar-refractivity contribution in [3.05, 3.63) is 114 Å². The van der Waals surface area contributed by atoms with Gasteiger partial charge in [-0.25, -0.2) is 14.4 Å². The number of hydrogen-bond donors (Lipinski definition) is 0. The van der Waals surface area contributed by atoms with Gasteiger partial charge in [0.25, 0.3) is 0 Å². The normalized spacial score (nSPS) is 12.8. The van der Waals surface area contributed by atoms with Crippen LogP contribution in [0.2, 0.25) is 0 Å². The van der Waals surface area contributed by atoms with E-state index in [0.29, 0.717) is 55.3 Å². The van der Waals surface area contributed by atoms with Crippen molar-refractivity contribution in [1.82, 2.24) is 0 Å². The first-order chi connectivity index (χ1) is 19.4. The summed E-state index contributed by atoms with van der Waals surface area (Å²) < 4.78 is 26.7. The van der Waals surface area contributed by atoms with E-state index in [1.165, 1.54) is 6.08 Å². The van der Waals surface area contributed by atoms with Crippen LogP contribution in [0.4, 0.5) is 0 Å². The Hall–Kier alpha value is -4.85. The predicted molar refractivity (Wildman–Crippen MR) is 150 cm³/mol. The summed E-state index contributed by atoms with van der Waals surface area (Å²) in [6.45, 7) is 5.96. The molecule has 0 saturated carbocycles. The fraction of sp³-hybridized carbons (Fsp3) is 0.219. The lowest BCUT2D eigenvalue weighted by atomic mass is 10.2. The standard InChI is InChI=1S/C32H32O8/c1-4-30(33)38-20-6-5-19-37-27-14-10-25(11-15-27)32(35)40-29-17-16-28(21-23(2)22-29)39-31(34)18-9-24-7-12-26(36-3)13-8-24/h4,7-18,21H,1,5-6,19-20,22H2,2-3H3/b18-9+. The summed E-state index contributed by atoms with van der Waals surface area (Å²) in [5, 5.41) is 0. The van der Waals surface area contributed by atoms with Crippen molar-refractivity contribution in [2.45, 2.75) is 26.2 Å². The lowest BCUT2D eigenvalue weighted by molar-refractivity contribution is -0.138. The van der Waals surface area contributed by atoms with E-state index in [9.17, 15) is 14.4 Å². The predicted octanol–water partition coefficient (Wildman–Crippen LogP) is 6.11. The molecule has 0 aromatic heterocycles. The zero-order valence-electron chi connectivity index (χ0n) is 22.6. The quantitative estimate of drug-likeness (QED) is 0.129. The topological polar surface area (TPSA) is 97.4 Å². The average Bonchev–Trinajstić information content (AvgIpc) is 3.13. The number of allylic oxidation sites excluding steroid dienone is 4. The van der Waals surface area contributed by atoms with Gasteiger partial charge in [-0.05, 0) is 86.0 Å². The van der Waals surface area contributed by atoms with Gasteiger partial charge in [0.05, 0.1) is 25.9 Å². The van der Waals surface area contributed by atoms with E-state index in [4.69, 9.17) is 23.7 Å². The number of hydrogen-bond acceptors (Lipinski definition) is 8. The maximum Gasteiger partial charge on any atom is 0.343 e. The fourth-order valence-corrected chi connectivity index (χ4v) is 3.50. The number of unbranched alkanes of at least 4 members (excludes halogenated alkanes) is 1. The molecule has 40 heavy (non-hydrogen) atoms. The second kappa shape index (κ2) is 15.5. The first-order valence-corrected chi connectivity index (χ1v) is 12.7. The molecule has 0 bridgehead atoms. The zero-order valence-corrected chi connectivity index (χ0v) is 22.6. The first-order valence-electron chi connectivity index (χ1n) is 12.7. The van der Waals surface area contributed by atoms with Crippen molar-refractivity contribution in [3.8, 4) is 11.5 Å². The Morgan fingerprint density at radius 3 is 2.27 bits per heavy atom. The molecule has 0 amide bonds. The summed E-state index contributed by atoms with van der Waals surface area (Å²) in [4.78, 5) is 36.0. The van der Waals surface area contributed by atoms with E-state index in [0.717, 1.165) is 23.0 Å². The Labute approximate surface area is 233 Å². The largest absolute Gasteiger partial charge is 0.497 e. The molecule has 8 heteroatoms. The highest BCUT2D eigenvalue weighted by Gasteiger charge is 2.14. The number of carbonyl (C=O) groups is 3. The van der Waals surface area contributed by atoms with Gasteiger partial charge >= 0.3 is 17.9 Å². The molecule has 3 rings (SSSR count). The van der Waals surface area contributed by atoms with Gasteiger partial charge in [-0.3, -0.25) is 0 Å². The molecular formula is C32H32O8. The van der Waals surface area contributed by atoms with Crippen molar-refractivity contribution >= 4 is 24.0 Å². The maximum atomic E-state index is 12.7. The van der Waals surface area contributed by atoms with Crippen LogP contribution >= 0.6 is 0 Å². The Morgan fingerprint density at radius 2 is 1.57 bits per heavy atom. The molecule has 0 N–H and O–H groups in total. The van der Waals surface area contributed by atoms with Crippen molar-refractivity contribution in [3.63, 3.8) is 0 Å². The molecule has 0 fully saturated rings. The number of benzene rings is 2. The van der Waals surface area contributed by atoms with Crippen molar-refractivity contribution in [1.29, 1.82) is 0 Å². The molecule has 1 aliphatic carbocycles. The third-order valence-corrected chi connectivity index (χ3v) is 5.55. The maximum absolute atomic E-state index is 12.7. The van der Waals surface area contributed by atoms with Crippen LogP contribution < -0.4 is 9.47 Å². The monoisotopic (exact) mass is 544 g/mol. The van der Waals surface area contributed by atoms with Crippen LogP contribution in [0.1, 0.15) is 42.1 Å². The molecule has 0 unspecified atom stereocenters. The first kappa shape index (κ1) is 29.7. The van der Waals surface area contributed by atoms with E-state index in [2.05, 4.69) is 6.58 Å². The Morgan fingerprint density at radius 1 is 0.875 bits per heavy atom. The minimum Gasteiger partial charge on any atom is -0.497 e. The summed E-state index contributed by atoms with van der Waals surface area (Å²) in [5.41, 5.74) is 2.06. The number of rotatable bonds is 13. The van der Waals surface area contributed by atoms with Gasteiger partial charge in [0.2, 0.25) is 0 Å². The summed E-state index contributed by atoms with van der Waals surface area (Å²) in [6, 6.07) is 13.9. The van der Waals surface area contributed by atoms with Crippen molar-refractivity contribution in [2.75, 3.05) is 20.3 Å². The van der Waals surface area contributed by atoms with Gasteiger partial charge in [0, 0.05) is 18.6 Å². The molecule has 0 radical (unpaired) electrons. The SMILES string of the molecule is C=CC(=O)OCCCCOc1ccc(C(=O)OC2=CC=C(OC(=O)/C=C/c3ccc(OC)cc3)C=C(C)C2)cc1. The van der Waals surface area contributed by atoms with Gasteiger partial charge in [0.15, 0.2) is 0 Å².